The molecule has 0 aliphatic heterocycles. The Bertz CT molecular complexity index is 541. The summed E-state index contributed by atoms with van der Waals surface area (Å²) in [5, 5.41) is 12.8. The van der Waals surface area contributed by atoms with Crippen LogP contribution < -0.4 is 5.32 Å². The molecule has 0 radical (unpaired) electrons. The molecule has 4 heteroatoms. The molecule has 0 amide bonds. The molecule has 0 aromatic carbocycles. The number of aliphatic carboxylic acids is 1. The van der Waals surface area contributed by atoms with Crippen molar-refractivity contribution in [3.05, 3.63) is 34.9 Å². The molecule has 0 aromatic rings. The fourth-order valence-corrected chi connectivity index (χ4v) is 4.48. The van der Waals surface area contributed by atoms with Crippen LogP contribution in [0.1, 0.15) is 85.5 Å². The maximum absolute atomic E-state index is 11.5. The van der Waals surface area contributed by atoms with Gasteiger partial charge in [-0.05, 0) is 66.2 Å². The van der Waals surface area contributed by atoms with Crippen LogP contribution in [0.3, 0.4) is 0 Å². The summed E-state index contributed by atoms with van der Waals surface area (Å²) in [5.41, 5.74) is 4.26. The molecule has 2 N–H and O–H groups in total. The number of carboxylic acids is 1. The molecule has 0 unspecified atom stereocenters. The SMILES string of the molecule is CC(C)=CCCC(C)=CCCC(C)=CCSC[C@H](NC1CCCCC1)C(=O)O. The second kappa shape index (κ2) is 14.9. The molecule has 3 nitrogen and oxygen atoms in total. The second-order valence-electron chi connectivity index (χ2n) is 8.39. The molecule has 160 valence electrons. The van der Waals surface area contributed by atoms with Gasteiger partial charge in [0.05, 0.1) is 0 Å². The van der Waals surface area contributed by atoms with Crippen LogP contribution in [0.2, 0.25) is 0 Å². The average molecular weight is 408 g/mol. The Hall–Kier alpha value is -1.00. The predicted molar refractivity (Wildman–Crippen MR) is 124 cm³/mol. The van der Waals surface area contributed by atoms with Crippen LogP contribution in [0.5, 0.6) is 0 Å². The lowest BCUT2D eigenvalue weighted by Gasteiger charge is -2.26. The summed E-state index contributed by atoms with van der Waals surface area (Å²) >= 11 is 1.72. The van der Waals surface area contributed by atoms with Gasteiger partial charge in [-0.15, -0.1) is 0 Å². The topological polar surface area (TPSA) is 49.3 Å². The van der Waals surface area contributed by atoms with Crippen LogP contribution in [0.15, 0.2) is 34.9 Å². The molecule has 28 heavy (non-hydrogen) atoms. The van der Waals surface area contributed by atoms with Gasteiger partial charge in [-0.2, -0.15) is 11.8 Å². The zero-order valence-corrected chi connectivity index (χ0v) is 19.2. The van der Waals surface area contributed by atoms with Gasteiger partial charge in [-0.3, -0.25) is 4.79 Å². The monoisotopic (exact) mass is 407 g/mol. The molecule has 0 aromatic heterocycles. The minimum atomic E-state index is -0.715. The molecule has 0 saturated heterocycles. The van der Waals surface area contributed by atoms with Crippen molar-refractivity contribution in [3.63, 3.8) is 0 Å². The number of rotatable bonds is 13. The number of hydrogen-bond acceptors (Lipinski definition) is 3. The summed E-state index contributed by atoms with van der Waals surface area (Å²) in [6.45, 7) is 8.70. The van der Waals surface area contributed by atoms with E-state index in [0.29, 0.717) is 11.8 Å². The quantitative estimate of drug-likeness (QED) is 0.270. The molecule has 0 heterocycles. The number of nitrogens with one attached hydrogen (secondary N) is 1. The highest BCUT2D eigenvalue weighted by molar-refractivity contribution is 7.99. The van der Waals surface area contributed by atoms with Gasteiger partial charge in [0, 0.05) is 17.5 Å². The van der Waals surface area contributed by atoms with Crippen LogP contribution in [-0.4, -0.2) is 34.7 Å². The Morgan fingerprint density at radius 1 is 1.00 bits per heavy atom. The van der Waals surface area contributed by atoms with E-state index in [9.17, 15) is 9.90 Å². The number of allylic oxidation sites excluding steroid dienone is 5. The van der Waals surface area contributed by atoms with Gasteiger partial charge in [0.15, 0.2) is 0 Å². The largest absolute Gasteiger partial charge is 0.480 e. The average Bonchev–Trinajstić information content (AvgIpc) is 2.64. The lowest BCUT2D eigenvalue weighted by molar-refractivity contribution is -0.139. The molecular weight excluding hydrogens is 366 g/mol. The highest BCUT2D eigenvalue weighted by Gasteiger charge is 2.22. The van der Waals surface area contributed by atoms with Crippen LogP contribution in [-0.2, 0) is 4.79 Å². The highest BCUT2D eigenvalue weighted by Crippen LogP contribution is 2.19. The zero-order chi connectivity index (χ0) is 20.8. The fourth-order valence-electron chi connectivity index (χ4n) is 3.47. The van der Waals surface area contributed by atoms with Crippen molar-refractivity contribution in [2.75, 3.05) is 11.5 Å². The summed E-state index contributed by atoms with van der Waals surface area (Å²) in [6, 6.07) is -0.0346. The van der Waals surface area contributed by atoms with E-state index in [1.807, 2.05) is 0 Å². The van der Waals surface area contributed by atoms with Crippen molar-refractivity contribution < 1.29 is 9.90 Å². The van der Waals surface area contributed by atoms with Gasteiger partial charge in [0.1, 0.15) is 6.04 Å². The maximum Gasteiger partial charge on any atom is 0.321 e. The number of hydrogen-bond donors (Lipinski definition) is 2. The third-order valence-electron chi connectivity index (χ3n) is 5.30. The molecule has 1 rings (SSSR count). The van der Waals surface area contributed by atoms with E-state index in [2.05, 4.69) is 51.2 Å². The summed E-state index contributed by atoms with van der Waals surface area (Å²) in [7, 11) is 0. The zero-order valence-electron chi connectivity index (χ0n) is 18.4. The Morgan fingerprint density at radius 3 is 2.21 bits per heavy atom. The number of carbonyl (C=O) groups is 1. The molecular formula is C24H41NO2S. The normalized spacial score (nSPS) is 17.4. The van der Waals surface area contributed by atoms with Crippen LogP contribution in [0.4, 0.5) is 0 Å². The molecule has 1 atom stereocenters. The molecule has 1 saturated carbocycles. The van der Waals surface area contributed by atoms with Crippen molar-refractivity contribution in [2.45, 2.75) is 97.6 Å². The van der Waals surface area contributed by atoms with Crippen LogP contribution >= 0.6 is 11.8 Å². The lowest BCUT2D eigenvalue weighted by atomic mass is 9.95. The highest BCUT2D eigenvalue weighted by atomic mass is 32.2. The summed E-state index contributed by atoms with van der Waals surface area (Å²) in [6.07, 6.45) is 17.4. The second-order valence-corrected chi connectivity index (χ2v) is 9.46. The van der Waals surface area contributed by atoms with E-state index < -0.39 is 12.0 Å². The standard InChI is InChI=1S/C24H41NO2S/c1-19(2)10-8-11-20(3)12-9-13-21(4)16-17-28-18-23(24(26)27)25-22-14-6-5-7-15-22/h10,12,16,22-23,25H,5-9,11,13-15,17-18H2,1-4H3,(H,26,27)/t23-/m0/s1. The lowest BCUT2D eigenvalue weighted by Crippen LogP contribution is -2.45. The van der Waals surface area contributed by atoms with Gasteiger partial charge >= 0.3 is 5.97 Å². The molecule has 1 aliphatic carbocycles. The Kier molecular flexibility index (Phi) is 13.3. The Balaban J connectivity index is 2.24. The minimum Gasteiger partial charge on any atom is -0.480 e. The van der Waals surface area contributed by atoms with Crippen molar-refractivity contribution >= 4 is 17.7 Å². The van der Waals surface area contributed by atoms with Gasteiger partial charge in [-0.1, -0.05) is 54.2 Å². The number of thioether (sulfide) groups is 1. The Labute approximate surface area is 177 Å². The van der Waals surface area contributed by atoms with E-state index in [1.165, 1.54) is 36.0 Å². The third kappa shape index (κ3) is 12.5. The molecule has 0 spiro atoms. The van der Waals surface area contributed by atoms with Crippen LogP contribution in [0, 0.1) is 0 Å². The Morgan fingerprint density at radius 2 is 1.61 bits per heavy atom. The van der Waals surface area contributed by atoms with E-state index in [1.54, 1.807) is 11.8 Å². The predicted octanol–water partition coefficient (Wildman–Crippen LogP) is 6.51. The molecule has 0 bridgehead atoms. The smallest absolute Gasteiger partial charge is 0.321 e. The summed E-state index contributed by atoms with van der Waals surface area (Å²) in [4.78, 5) is 11.5. The van der Waals surface area contributed by atoms with E-state index >= 15 is 0 Å². The van der Waals surface area contributed by atoms with E-state index in [-0.39, 0.29) is 0 Å². The van der Waals surface area contributed by atoms with Gasteiger partial charge in [-0.25, -0.2) is 0 Å². The maximum atomic E-state index is 11.5. The van der Waals surface area contributed by atoms with E-state index in [0.717, 1.165) is 44.3 Å². The first kappa shape index (κ1) is 25.0. The fraction of sp³-hybridized carbons (Fsp3) is 0.708. The first-order valence-corrected chi connectivity index (χ1v) is 12.0. The van der Waals surface area contributed by atoms with Gasteiger partial charge in [0.2, 0.25) is 0 Å². The van der Waals surface area contributed by atoms with Crippen molar-refractivity contribution in [3.8, 4) is 0 Å². The number of carboxylic acid groups (broad SMARTS) is 1. The minimum absolute atomic E-state index is 0.388. The van der Waals surface area contributed by atoms with Crippen LogP contribution in [0.25, 0.3) is 0 Å². The summed E-state index contributed by atoms with van der Waals surface area (Å²) in [5.74, 6) is 0.817. The molecule has 1 fully saturated rings. The van der Waals surface area contributed by atoms with Gasteiger partial charge < -0.3 is 10.4 Å². The third-order valence-corrected chi connectivity index (χ3v) is 6.27. The van der Waals surface area contributed by atoms with Crippen molar-refractivity contribution in [1.29, 1.82) is 0 Å². The molecule has 1 aliphatic rings. The van der Waals surface area contributed by atoms with Crippen molar-refractivity contribution in [1.82, 2.24) is 5.32 Å². The first-order valence-electron chi connectivity index (χ1n) is 10.9. The van der Waals surface area contributed by atoms with Gasteiger partial charge in [0.25, 0.3) is 0 Å². The summed E-state index contributed by atoms with van der Waals surface area (Å²) < 4.78 is 0. The first-order chi connectivity index (χ1) is 13.4. The van der Waals surface area contributed by atoms with Crippen molar-refractivity contribution in [2.24, 2.45) is 0 Å². The van der Waals surface area contributed by atoms with E-state index in [4.69, 9.17) is 0 Å².